The minimum Gasteiger partial charge on any atom is -0.415 e. The van der Waals surface area contributed by atoms with Crippen LogP contribution in [0.4, 0.5) is 22.0 Å². The van der Waals surface area contributed by atoms with Gasteiger partial charge in [0.25, 0.3) is 0 Å². The van der Waals surface area contributed by atoms with Crippen LogP contribution in [0.25, 0.3) is 0 Å². The predicted molar refractivity (Wildman–Crippen MR) is 109 cm³/mol. The predicted octanol–water partition coefficient (Wildman–Crippen LogP) is 3.30. The second kappa shape index (κ2) is 7.43. The van der Waals surface area contributed by atoms with Crippen LogP contribution in [0.15, 0.2) is 36.1 Å². The summed E-state index contributed by atoms with van der Waals surface area (Å²) in [5, 5.41) is 13.2. The number of hydrogen-bond donors (Lipinski definition) is 4. The first kappa shape index (κ1) is 19.3. The van der Waals surface area contributed by atoms with Crippen molar-refractivity contribution >= 4 is 33.3 Å². The summed E-state index contributed by atoms with van der Waals surface area (Å²) in [6.07, 6.45) is 2.86. The largest absolute Gasteiger partial charge is 0.415 e. The van der Waals surface area contributed by atoms with Crippen LogP contribution in [0.2, 0.25) is 0 Å². The second-order valence-electron chi connectivity index (χ2n) is 7.56. The van der Waals surface area contributed by atoms with Crippen LogP contribution in [0.3, 0.4) is 0 Å². The van der Waals surface area contributed by atoms with Gasteiger partial charge in [-0.05, 0) is 50.1 Å². The fraction of sp³-hybridized carbons (Fsp3) is 0.368. The lowest BCUT2D eigenvalue weighted by Crippen LogP contribution is -2.30. The number of sulfonamides is 1. The lowest BCUT2D eigenvalue weighted by molar-refractivity contribution is 0.170. The number of rotatable bonds is 5. The quantitative estimate of drug-likeness (QED) is 0.591. The van der Waals surface area contributed by atoms with Gasteiger partial charge in [0.05, 0.1) is 11.4 Å². The zero-order valence-corrected chi connectivity index (χ0v) is 17.0. The van der Waals surface area contributed by atoms with Crippen molar-refractivity contribution in [1.29, 1.82) is 0 Å². The molecule has 4 N–H and O–H groups in total. The Morgan fingerprint density at radius 3 is 2.93 bits per heavy atom. The van der Waals surface area contributed by atoms with Crippen molar-refractivity contribution < 1.29 is 17.9 Å². The number of aromatic amines is 1. The number of alkyl carbamates (subject to hydrolysis) is 1. The van der Waals surface area contributed by atoms with E-state index in [2.05, 4.69) is 25.6 Å². The first-order valence-corrected chi connectivity index (χ1v) is 11.1. The Balaban J connectivity index is 1.36. The Morgan fingerprint density at radius 2 is 2.14 bits per heavy atom. The number of ether oxygens (including phenoxy) is 1. The van der Waals surface area contributed by atoms with E-state index in [9.17, 15) is 13.2 Å². The monoisotopic (exact) mass is 417 g/mol. The van der Waals surface area contributed by atoms with Gasteiger partial charge in [-0.1, -0.05) is 0 Å². The Bertz CT molecular complexity index is 1070. The molecule has 0 unspecified atom stereocenters. The first-order chi connectivity index (χ1) is 13.8. The highest BCUT2D eigenvalue weighted by Crippen LogP contribution is 2.35. The molecule has 29 heavy (non-hydrogen) atoms. The van der Waals surface area contributed by atoms with Gasteiger partial charge in [-0.25, -0.2) is 13.2 Å². The van der Waals surface area contributed by atoms with Gasteiger partial charge in [-0.15, -0.1) is 0 Å². The van der Waals surface area contributed by atoms with Gasteiger partial charge in [0.2, 0.25) is 10.0 Å². The number of hydrogen-bond acceptors (Lipinski definition) is 6. The average Bonchev–Trinajstić information content (AvgIpc) is 3.31. The standard InChI is InChI=1S/C19H23N5O4S/c1-11(2)20-19(25)28-15-5-3-12(8-15)17-9-18(23-22-17)21-14-4-6-16-13(7-14)10-29(26,27)24-16/h4-7,9,11-12,24H,3,8,10H2,1-2H3,(H,20,25)(H2,21,22,23)/t12-/m1/s1. The van der Waals surface area contributed by atoms with E-state index >= 15 is 0 Å². The number of carbonyl (C=O) groups excluding carboxylic acids is 1. The molecular formula is C19H23N5O4S. The molecule has 2 aliphatic rings. The molecule has 4 rings (SSSR count). The summed E-state index contributed by atoms with van der Waals surface area (Å²) in [6.45, 7) is 3.76. The molecule has 1 aliphatic heterocycles. The number of amides is 1. The maximum atomic E-state index is 11.7. The minimum atomic E-state index is -3.27. The van der Waals surface area contributed by atoms with Gasteiger partial charge in [0, 0.05) is 35.8 Å². The Kier molecular flexibility index (Phi) is 4.95. The number of allylic oxidation sites excluding steroid dienone is 2. The number of H-pyrrole nitrogens is 1. The second-order valence-corrected chi connectivity index (χ2v) is 9.28. The van der Waals surface area contributed by atoms with E-state index in [1.165, 1.54) is 0 Å². The highest BCUT2D eigenvalue weighted by molar-refractivity contribution is 7.92. The molecule has 154 valence electrons. The topological polar surface area (TPSA) is 125 Å². The molecule has 1 amide bonds. The van der Waals surface area contributed by atoms with Gasteiger partial charge in [0.1, 0.15) is 5.76 Å². The van der Waals surface area contributed by atoms with Crippen molar-refractivity contribution in [1.82, 2.24) is 15.5 Å². The van der Waals surface area contributed by atoms with Crippen molar-refractivity contribution in [3.05, 3.63) is 47.4 Å². The number of nitrogens with one attached hydrogen (secondary N) is 4. The lowest BCUT2D eigenvalue weighted by atomic mass is 10.0. The zero-order chi connectivity index (χ0) is 20.6. The lowest BCUT2D eigenvalue weighted by Gasteiger charge is -2.11. The van der Waals surface area contributed by atoms with Gasteiger partial charge >= 0.3 is 6.09 Å². The van der Waals surface area contributed by atoms with Gasteiger partial charge < -0.3 is 15.4 Å². The maximum absolute atomic E-state index is 11.7. The summed E-state index contributed by atoms with van der Waals surface area (Å²) in [6, 6.07) is 7.28. The van der Waals surface area contributed by atoms with Gasteiger partial charge in [-0.3, -0.25) is 9.82 Å². The van der Waals surface area contributed by atoms with Crippen LogP contribution < -0.4 is 15.4 Å². The van der Waals surface area contributed by atoms with Crippen LogP contribution in [-0.2, 0) is 20.5 Å². The van der Waals surface area contributed by atoms with Crippen LogP contribution in [0, 0.1) is 0 Å². The SMILES string of the molecule is CC(C)NC(=O)OC1=CC[C@@H](c2cc(Nc3ccc4c(c3)CS(=O)(=O)N4)n[nH]2)C1. The smallest absolute Gasteiger partial charge is 0.412 e. The number of nitrogens with zero attached hydrogens (tertiary/aromatic N) is 1. The fourth-order valence-electron chi connectivity index (χ4n) is 3.44. The summed E-state index contributed by atoms with van der Waals surface area (Å²) in [4.78, 5) is 11.7. The Morgan fingerprint density at radius 1 is 1.31 bits per heavy atom. The zero-order valence-electron chi connectivity index (χ0n) is 16.2. The van der Waals surface area contributed by atoms with Crippen LogP contribution in [-0.4, -0.2) is 30.8 Å². The summed E-state index contributed by atoms with van der Waals surface area (Å²) < 4.78 is 31.2. The van der Waals surface area contributed by atoms with Crippen molar-refractivity contribution in [3.63, 3.8) is 0 Å². The molecule has 0 radical (unpaired) electrons. The maximum Gasteiger partial charge on any atom is 0.412 e. The van der Waals surface area contributed by atoms with Crippen molar-refractivity contribution in [2.24, 2.45) is 0 Å². The highest BCUT2D eigenvalue weighted by atomic mass is 32.2. The molecule has 0 saturated carbocycles. The van der Waals surface area contributed by atoms with E-state index in [1.807, 2.05) is 26.0 Å². The molecule has 1 atom stereocenters. The molecule has 1 aliphatic carbocycles. The van der Waals surface area contributed by atoms with E-state index < -0.39 is 16.1 Å². The highest BCUT2D eigenvalue weighted by Gasteiger charge is 2.25. The number of benzene rings is 1. The number of fused-ring (bicyclic) bond motifs is 1. The van der Waals surface area contributed by atoms with E-state index in [-0.39, 0.29) is 17.7 Å². The van der Waals surface area contributed by atoms with Crippen molar-refractivity contribution in [2.75, 3.05) is 10.0 Å². The number of carbonyl (C=O) groups is 1. The van der Waals surface area contributed by atoms with E-state index in [1.54, 1.807) is 18.2 Å². The molecule has 0 fully saturated rings. The fourth-order valence-corrected chi connectivity index (χ4v) is 4.70. The molecule has 9 nitrogen and oxygen atoms in total. The first-order valence-electron chi connectivity index (χ1n) is 9.40. The molecular weight excluding hydrogens is 394 g/mol. The molecule has 0 spiro atoms. The summed E-state index contributed by atoms with van der Waals surface area (Å²) in [5.41, 5.74) is 3.05. The van der Waals surface area contributed by atoms with Crippen LogP contribution in [0.5, 0.6) is 0 Å². The molecule has 1 aromatic heterocycles. The third-order valence-corrected chi connectivity index (χ3v) is 5.96. The van der Waals surface area contributed by atoms with E-state index in [0.717, 1.165) is 23.4 Å². The minimum absolute atomic E-state index is 0.0232. The normalized spacial score (nSPS) is 19.4. The molecule has 2 aromatic rings. The third-order valence-electron chi connectivity index (χ3n) is 4.73. The molecule has 0 bridgehead atoms. The van der Waals surface area contributed by atoms with Gasteiger partial charge in [-0.2, -0.15) is 5.10 Å². The molecule has 10 heteroatoms. The summed E-state index contributed by atoms with van der Waals surface area (Å²) in [7, 11) is -3.27. The number of aromatic nitrogens is 2. The van der Waals surface area contributed by atoms with Crippen LogP contribution in [0.1, 0.15) is 43.9 Å². The molecule has 0 saturated heterocycles. The van der Waals surface area contributed by atoms with Crippen molar-refractivity contribution in [3.8, 4) is 0 Å². The Labute approximate surface area is 169 Å². The van der Waals surface area contributed by atoms with Crippen LogP contribution >= 0.6 is 0 Å². The average molecular weight is 417 g/mol. The summed E-state index contributed by atoms with van der Waals surface area (Å²) >= 11 is 0. The molecule has 2 heterocycles. The molecule has 1 aromatic carbocycles. The summed E-state index contributed by atoms with van der Waals surface area (Å²) in [5.74, 6) is 1.43. The van der Waals surface area contributed by atoms with Gasteiger partial charge in [0.15, 0.2) is 5.82 Å². The third kappa shape index (κ3) is 4.53. The van der Waals surface area contributed by atoms with E-state index in [0.29, 0.717) is 23.7 Å². The Hall–Kier alpha value is -3.01. The van der Waals surface area contributed by atoms with E-state index in [4.69, 9.17) is 4.74 Å². The number of anilines is 3. The van der Waals surface area contributed by atoms with Crippen molar-refractivity contribution in [2.45, 2.75) is 44.4 Å².